The number of benzene rings is 1. The monoisotopic (exact) mass is 527 g/mol. The molecule has 160 valence electrons. The number of aliphatic imine (C=N–C) groups is 1. The molecule has 1 saturated heterocycles. The van der Waals surface area contributed by atoms with Gasteiger partial charge in [-0.25, -0.2) is 0 Å². The number of nitrogens with one attached hydrogen (secondary N) is 2. The molecule has 29 heavy (non-hydrogen) atoms. The maximum atomic E-state index is 4.45. The van der Waals surface area contributed by atoms with Gasteiger partial charge in [-0.15, -0.1) is 35.3 Å². The molecule has 1 aromatic carbocycles. The number of aryl methyl sites for hydroxylation is 1. The molecule has 5 nitrogen and oxygen atoms in total. The highest BCUT2D eigenvalue weighted by atomic mass is 127. The lowest BCUT2D eigenvalue weighted by atomic mass is 10.0. The van der Waals surface area contributed by atoms with Crippen molar-refractivity contribution < 1.29 is 0 Å². The topological polar surface area (TPSA) is 42.9 Å². The van der Waals surface area contributed by atoms with Gasteiger partial charge in [0.2, 0.25) is 0 Å². The van der Waals surface area contributed by atoms with Crippen LogP contribution in [0.25, 0.3) is 0 Å². The van der Waals surface area contributed by atoms with Gasteiger partial charge in [0.05, 0.1) is 11.0 Å². The summed E-state index contributed by atoms with van der Waals surface area (Å²) in [7, 11) is 6.11. The predicted octanol–water partition coefficient (Wildman–Crippen LogP) is 4.11. The molecule has 0 aliphatic carbocycles. The van der Waals surface area contributed by atoms with Crippen molar-refractivity contribution in [3.8, 4) is 0 Å². The molecular weight excluding hydrogens is 493 g/mol. The minimum atomic E-state index is 0. The third kappa shape index (κ3) is 6.86. The van der Waals surface area contributed by atoms with Gasteiger partial charge in [-0.2, -0.15) is 0 Å². The molecular formula is C22H34IN5S. The van der Waals surface area contributed by atoms with Gasteiger partial charge in [-0.3, -0.25) is 4.99 Å². The molecule has 0 amide bonds. The van der Waals surface area contributed by atoms with Crippen molar-refractivity contribution in [2.45, 2.75) is 31.8 Å². The first-order valence-corrected chi connectivity index (χ1v) is 10.9. The summed E-state index contributed by atoms with van der Waals surface area (Å²) in [5.74, 6) is 0.897. The van der Waals surface area contributed by atoms with Gasteiger partial charge in [0.1, 0.15) is 0 Å². The first-order chi connectivity index (χ1) is 13.6. The Morgan fingerprint density at radius 3 is 2.45 bits per heavy atom. The van der Waals surface area contributed by atoms with Gasteiger partial charge >= 0.3 is 0 Å². The number of hydrogen-bond acceptors (Lipinski definition) is 4. The summed E-state index contributed by atoms with van der Waals surface area (Å²) < 4.78 is 0. The highest BCUT2D eigenvalue weighted by Gasteiger charge is 2.21. The smallest absolute Gasteiger partial charge is 0.191 e. The van der Waals surface area contributed by atoms with E-state index in [2.05, 4.69) is 88.2 Å². The molecule has 1 unspecified atom stereocenters. The van der Waals surface area contributed by atoms with Crippen LogP contribution in [0.2, 0.25) is 0 Å². The predicted molar refractivity (Wildman–Crippen MR) is 137 cm³/mol. The standard InChI is InChI=1S/C22H33N5S.HI/c1-17-7-9-18(10-8-17)20(26(3)4)16-24-22(23-2)25-19-11-13-27(14-12-19)21-6-5-15-28-21;/h5-10,15,19-20H,11-14,16H2,1-4H3,(H2,23,24,25);1H. The van der Waals surface area contributed by atoms with Crippen LogP contribution in [0.5, 0.6) is 0 Å². The molecule has 2 heterocycles. The lowest BCUT2D eigenvalue weighted by Gasteiger charge is -2.34. The lowest BCUT2D eigenvalue weighted by Crippen LogP contribution is -2.49. The van der Waals surface area contributed by atoms with Gasteiger partial charge in [0.15, 0.2) is 5.96 Å². The zero-order valence-electron chi connectivity index (χ0n) is 17.9. The van der Waals surface area contributed by atoms with Gasteiger partial charge in [0.25, 0.3) is 0 Å². The molecule has 1 atom stereocenters. The van der Waals surface area contributed by atoms with Crippen LogP contribution < -0.4 is 15.5 Å². The van der Waals surface area contributed by atoms with E-state index >= 15 is 0 Å². The van der Waals surface area contributed by atoms with E-state index in [0.29, 0.717) is 12.1 Å². The van der Waals surface area contributed by atoms with Crippen molar-refractivity contribution in [2.75, 3.05) is 45.7 Å². The van der Waals surface area contributed by atoms with E-state index in [9.17, 15) is 0 Å². The third-order valence-corrected chi connectivity index (χ3v) is 6.35. The molecule has 1 aliphatic heterocycles. The fourth-order valence-electron chi connectivity index (χ4n) is 3.66. The van der Waals surface area contributed by atoms with Crippen molar-refractivity contribution in [3.63, 3.8) is 0 Å². The molecule has 2 aromatic rings. The average Bonchev–Trinajstić information content (AvgIpc) is 3.23. The second kappa shape index (κ2) is 11.8. The summed E-state index contributed by atoms with van der Waals surface area (Å²) in [6.45, 7) is 5.14. The first-order valence-electron chi connectivity index (χ1n) is 10.1. The fraction of sp³-hybridized carbons (Fsp3) is 0.500. The number of piperidine rings is 1. The molecule has 7 heteroatoms. The van der Waals surface area contributed by atoms with Crippen LogP contribution >= 0.6 is 35.3 Å². The van der Waals surface area contributed by atoms with E-state index < -0.39 is 0 Å². The third-order valence-electron chi connectivity index (χ3n) is 5.43. The molecule has 0 spiro atoms. The largest absolute Gasteiger partial charge is 0.363 e. The Labute approximate surface area is 196 Å². The number of rotatable bonds is 6. The van der Waals surface area contributed by atoms with Crippen LogP contribution in [0.15, 0.2) is 46.8 Å². The van der Waals surface area contributed by atoms with Crippen LogP contribution in [0, 0.1) is 6.92 Å². The van der Waals surface area contributed by atoms with E-state index in [1.807, 2.05) is 18.4 Å². The Bertz CT molecular complexity index is 737. The van der Waals surface area contributed by atoms with Gasteiger partial charge < -0.3 is 20.4 Å². The molecule has 0 radical (unpaired) electrons. The quantitative estimate of drug-likeness (QED) is 0.337. The normalized spacial score (nSPS) is 16.4. The molecule has 1 fully saturated rings. The van der Waals surface area contributed by atoms with Gasteiger partial charge in [-0.05, 0) is 56.9 Å². The van der Waals surface area contributed by atoms with E-state index in [1.165, 1.54) is 16.1 Å². The molecule has 3 rings (SSSR count). The summed E-state index contributed by atoms with van der Waals surface area (Å²) in [5, 5.41) is 10.7. The summed E-state index contributed by atoms with van der Waals surface area (Å²) >= 11 is 1.83. The second-order valence-corrected chi connectivity index (χ2v) is 8.63. The lowest BCUT2D eigenvalue weighted by molar-refractivity contribution is 0.297. The zero-order chi connectivity index (χ0) is 19.9. The zero-order valence-corrected chi connectivity index (χ0v) is 21.0. The minimum Gasteiger partial charge on any atom is -0.363 e. The van der Waals surface area contributed by atoms with E-state index in [1.54, 1.807) is 0 Å². The number of hydrogen-bond donors (Lipinski definition) is 2. The number of anilines is 1. The molecule has 0 bridgehead atoms. The van der Waals surface area contributed by atoms with Gasteiger partial charge in [-0.1, -0.05) is 29.8 Å². The number of likely N-dealkylation sites (N-methyl/N-ethyl adjacent to an activating group) is 1. The van der Waals surface area contributed by atoms with Crippen LogP contribution in [0.3, 0.4) is 0 Å². The van der Waals surface area contributed by atoms with Crippen LogP contribution in [0.4, 0.5) is 5.00 Å². The summed E-state index contributed by atoms with van der Waals surface area (Å²) in [6, 6.07) is 13.9. The number of thiophene rings is 1. The van der Waals surface area contributed by atoms with Crippen molar-refractivity contribution in [1.29, 1.82) is 0 Å². The molecule has 1 aliphatic rings. The van der Waals surface area contributed by atoms with Crippen molar-refractivity contribution >= 4 is 46.3 Å². The van der Waals surface area contributed by atoms with E-state index in [4.69, 9.17) is 0 Å². The van der Waals surface area contributed by atoms with Gasteiger partial charge in [0, 0.05) is 32.7 Å². The molecule has 1 aromatic heterocycles. The maximum absolute atomic E-state index is 4.45. The number of halogens is 1. The fourth-order valence-corrected chi connectivity index (χ4v) is 4.45. The maximum Gasteiger partial charge on any atom is 0.191 e. The van der Waals surface area contributed by atoms with Crippen molar-refractivity contribution in [1.82, 2.24) is 15.5 Å². The van der Waals surface area contributed by atoms with Crippen molar-refractivity contribution in [2.24, 2.45) is 4.99 Å². The van der Waals surface area contributed by atoms with Crippen LogP contribution in [-0.2, 0) is 0 Å². The Hall–Kier alpha value is -1.32. The number of nitrogens with zero attached hydrogens (tertiary/aromatic N) is 3. The average molecular weight is 528 g/mol. The van der Waals surface area contributed by atoms with Crippen molar-refractivity contribution in [3.05, 3.63) is 52.9 Å². The SMILES string of the molecule is CN=C(NCC(c1ccc(C)cc1)N(C)C)NC1CCN(c2cccs2)CC1.I. The Morgan fingerprint density at radius 1 is 1.21 bits per heavy atom. The summed E-state index contributed by atoms with van der Waals surface area (Å²) in [6.07, 6.45) is 2.27. The second-order valence-electron chi connectivity index (χ2n) is 7.70. The van der Waals surface area contributed by atoms with E-state index in [0.717, 1.165) is 38.4 Å². The highest BCUT2D eigenvalue weighted by Crippen LogP contribution is 2.24. The molecule has 0 saturated carbocycles. The molecule has 2 N–H and O–H groups in total. The highest BCUT2D eigenvalue weighted by molar-refractivity contribution is 14.0. The number of guanidine groups is 1. The summed E-state index contributed by atoms with van der Waals surface area (Å²) in [5.41, 5.74) is 2.61. The first kappa shape index (κ1) is 24.0. The van der Waals surface area contributed by atoms with E-state index in [-0.39, 0.29) is 24.0 Å². The summed E-state index contributed by atoms with van der Waals surface area (Å²) in [4.78, 5) is 9.19. The minimum absolute atomic E-state index is 0. The Kier molecular flexibility index (Phi) is 9.71. The van der Waals surface area contributed by atoms with Crippen LogP contribution in [-0.4, -0.2) is 57.7 Å². The Morgan fingerprint density at radius 2 is 1.90 bits per heavy atom. The van der Waals surface area contributed by atoms with Crippen LogP contribution in [0.1, 0.15) is 30.0 Å². The Balaban J connectivity index is 0.00000300.